The van der Waals surface area contributed by atoms with Crippen molar-refractivity contribution in [2.45, 2.75) is 33.2 Å². The molecule has 2 aromatic heterocycles. The Kier molecular flexibility index (Phi) is 6.15. The first-order valence-electron chi connectivity index (χ1n) is 8.60. The molecular weight excluding hydrogens is 383 g/mol. The van der Waals surface area contributed by atoms with Crippen LogP contribution in [0.2, 0.25) is 0 Å². The number of anilines is 1. The van der Waals surface area contributed by atoms with Crippen LogP contribution in [0, 0.1) is 19.7 Å². The van der Waals surface area contributed by atoms with Crippen LogP contribution in [0.3, 0.4) is 0 Å². The van der Waals surface area contributed by atoms with E-state index in [1.165, 1.54) is 23.5 Å². The molecule has 0 atom stereocenters. The van der Waals surface area contributed by atoms with Gasteiger partial charge >= 0.3 is 0 Å². The van der Waals surface area contributed by atoms with Crippen LogP contribution in [-0.4, -0.2) is 22.0 Å². The van der Waals surface area contributed by atoms with Crippen LogP contribution in [-0.2, 0) is 17.8 Å². The summed E-state index contributed by atoms with van der Waals surface area (Å²) >= 11 is 1.41. The van der Waals surface area contributed by atoms with E-state index in [1.54, 1.807) is 18.6 Å². The second-order valence-corrected chi connectivity index (χ2v) is 7.20. The fraction of sp³-hybridized carbons (Fsp3) is 0.263. The van der Waals surface area contributed by atoms with E-state index in [-0.39, 0.29) is 23.6 Å². The van der Waals surface area contributed by atoms with Gasteiger partial charge in [-0.25, -0.2) is 4.39 Å². The molecule has 2 amide bonds. The number of amides is 2. The number of carbonyl (C=O) groups excluding carboxylic acids is 2. The van der Waals surface area contributed by atoms with E-state index in [0.717, 1.165) is 22.2 Å². The monoisotopic (exact) mass is 402 g/mol. The third-order valence-corrected chi connectivity index (χ3v) is 4.91. The van der Waals surface area contributed by atoms with Gasteiger partial charge in [0.1, 0.15) is 11.6 Å². The number of nitrogens with one attached hydrogen (secondary N) is 2. The predicted molar refractivity (Wildman–Crippen MR) is 103 cm³/mol. The number of carbonyl (C=O) groups is 2. The normalized spacial score (nSPS) is 10.7. The molecule has 0 saturated heterocycles. The third kappa shape index (κ3) is 5.01. The lowest BCUT2D eigenvalue weighted by molar-refractivity contribution is -0.116. The van der Waals surface area contributed by atoms with Crippen molar-refractivity contribution in [3.05, 3.63) is 63.2 Å². The maximum absolute atomic E-state index is 13.9. The minimum atomic E-state index is -0.605. The molecule has 0 aliphatic heterocycles. The molecule has 0 bridgehead atoms. The zero-order valence-corrected chi connectivity index (χ0v) is 16.2. The fourth-order valence-corrected chi connectivity index (χ4v) is 3.25. The van der Waals surface area contributed by atoms with E-state index in [1.807, 2.05) is 6.92 Å². The molecule has 2 heterocycles. The van der Waals surface area contributed by atoms with Crippen LogP contribution in [0.5, 0.6) is 0 Å². The molecule has 0 unspecified atom stereocenters. The second-order valence-electron chi connectivity index (χ2n) is 6.23. The number of nitrogens with zero attached hydrogens (tertiary/aromatic N) is 2. The molecule has 146 valence electrons. The van der Waals surface area contributed by atoms with E-state index < -0.39 is 11.7 Å². The van der Waals surface area contributed by atoms with Crippen LogP contribution >= 0.6 is 11.3 Å². The number of hydrogen-bond donors (Lipinski definition) is 2. The van der Waals surface area contributed by atoms with Gasteiger partial charge in [0.15, 0.2) is 0 Å². The molecule has 0 aliphatic carbocycles. The average molecular weight is 402 g/mol. The van der Waals surface area contributed by atoms with Crippen LogP contribution in [0.25, 0.3) is 0 Å². The SMILES string of the molecule is Cc1noc(C)c1CCC(=O)Nc1cc(F)cc(C(=O)NCc2cncs2)c1. The maximum atomic E-state index is 13.9. The van der Waals surface area contributed by atoms with Gasteiger partial charge in [0.2, 0.25) is 5.91 Å². The Morgan fingerprint density at radius 2 is 2.07 bits per heavy atom. The van der Waals surface area contributed by atoms with Crippen LogP contribution in [0.4, 0.5) is 10.1 Å². The molecule has 0 radical (unpaired) electrons. The predicted octanol–water partition coefficient (Wildman–Crippen LogP) is 3.39. The summed E-state index contributed by atoms with van der Waals surface area (Å²) in [6.07, 6.45) is 2.30. The quantitative estimate of drug-likeness (QED) is 0.631. The van der Waals surface area contributed by atoms with E-state index in [2.05, 4.69) is 20.8 Å². The summed E-state index contributed by atoms with van der Waals surface area (Å²) in [5.41, 5.74) is 3.66. The van der Waals surface area contributed by atoms with Crippen molar-refractivity contribution < 1.29 is 18.5 Å². The zero-order chi connectivity index (χ0) is 20.1. The summed E-state index contributed by atoms with van der Waals surface area (Å²) in [6.45, 7) is 3.91. The van der Waals surface area contributed by atoms with Gasteiger partial charge in [-0.05, 0) is 38.5 Å². The molecule has 0 saturated carbocycles. The maximum Gasteiger partial charge on any atom is 0.251 e. The standard InChI is InChI=1S/C19H19FN4O3S/c1-11-17(12(2)27-24-11)3-4-18(25)23-15-6-13(5-14(20)7-15)19(26)22-9-16-8-21-10-28-16/h5-8,10H,3-4,9H2,1-2H3,(H,22,26)(H,23,25). The van der Waals surface area contributed by atoms with Crippen LogP contribution < -0.4 is 10.6 Å². The summed E-state index contributed by atoms with van der Waals surface area (Å²) < 4.78 is 19.0. The molecule has 0 aliphatic rings. The van der Waals surface area contributed by atoms with E-state index in [4.69, 9.17) is 4.52 Å². The van der Waals surface area contributed by atoms with Gasteiger partial charge < -0.3 is 15.2 Å². The number of thiazole rings is 1. The Bertz CT molecular complexity index is 966. The largest absolute Gasteiger partial charge is 0.361 e. The minimum Gasteiger partial charge on any atom is -0.361 e. The summed E-state index contributed by atoms with van der Waals surface area (Å²) in [6, 6.07) is 3.74. The van der Waals surface area contributed by atoms with E-state index in [0.29, 0.717) is 18.7 Å². The van der Waals surface area contributed by atoms with Gasteiger partial charge in [0.05, 0.1) is 17.7 Å². The van der Waals surface area contributed by atoms with Crippen LogP contribution in [0.15, 0.2) is 34.4 Å². The number of halogens is 1. The molecule has 7 nitrogen and oxygen atoms in total. The van der Waals surface area contributed by atoms with E-state index in [9.17, 15) is 14.0 Å². The Morgan fingerprint density at radius 1 is 1.25 bits per heavy atom. The van der Waals surface area contributed by atoms with Gasteiger partial charge in [0, 0.05) is 34.3 Å². The minimum absolute atomic E-state index is 0.130. The van der Waals surface area contributed by atoms with Crippen molar-refractivity contribution in [3.63, 3.8) is 0 Å². The molecule has 3 aromatic rings. The summed E-state index contributed by atoms with van der Waals surface area (Å²) in [7, 11) is 0. The topological polar surface area (TPSA) is 97.1 Å². The fourth-order valence-electron chi connectivity index (χ4n) is 2.71. The highest BCUT2D eigenvalue weighted by atomic mass is 32.1. The van der Waals surface area contributed by atoms with Crippen molar-refractivity contribution in [1.29, 1.82) is 0 Å². The zero-order valence-electron chi connectivity index (χ0n) is 15.4. The van der Waals surface area contributed by atoms with Gasteiger partial charge in [-0.2, -0.15) is 0 Å². The van der Waals surface area contributed by atoms with Crippen molar-refractivity contribution >= 4 is 28.8 Å². The first-order chi connectivity index (χ1) is 13.4. The Labute approximate surface area is 165 Å². The number of aromatic nitrogens is 2. The Hall–Kier alpha value is -3.07. The molecule has 1 aromatic carbocycles. The highest BCUT2D eigenvalue weighted by Gasteiger charge is 2.13. The van der Waals surface area contributed by atoms with E-state index >= 15 is 0 Å². The van der Waals surface area contributed by atoms with Gasteiger partial charge in [-0.15, -0.1) is 11.3 Å². The number of hydrogen-bond acceptors (Lipinski definition) is 6. The Morgan fingerprint density at radius 3 is 2.75 bits per heavy atom. The lowest BCUT2D eigenvalue weighted by atomic mass is 10.1. The second kappa shape index (κ2) is 8.75. The Balaban J connectivity index is 1.60. The first kappa shape index (κ1) is 19.7. The summed E-state index contributed by atoms with van der Waals surface area (Å²) in [4.78, 5) is 29.3. The third-order valence-electron chi connectivity index (χ3n) is 4.13. The average Bonchev–Trinajstić information content (AvgIpc) is 3.28. The molecule has 0 spiro atoms. The molecule has 9 heteroatoms. The summed E-state index contributed by atoms with van der Waals surface area (Å²) in [5, 5.41) is 9.18. The summed E-state index contributed by atoms with van der Waals surface area (Å²) in [5.74, 6) is -0.650. The smallest absolute Gasteiger partial charge is 0.251 e. The molecule has 0 fully saturated rings. The van der Waals surface area contributed by atoms with Crippen molar-refractivity contribution in [3.8, 4) is 0 Å². The highest BCUT2D eigenvalue weighted by molar-refractivity contribution is 7.09. The van der Waals surface area contributed by atoms with Crippen molar-refractivity contribution in [1.82, 2.24) is 15.5 Å². The van der Waals surface area contributed by atoms with Crippen molar-refractivity contribution in [2.24, 2.45) is 0 Å². The molecular formula is C19H19FN4O3S. The van der Waals surface area contributed by atoms with Crippen molar-refractivity contribution in [2.75, 3.05) is 5.32 Å². The van der Waals surface area contributed by atoms with Gasteiger partial charge in [-0.3, -0.25) is 14.6 Å². The molecule has 2 N–H and O–H groups in total. The first-order valence-corrected chi connectivity index (χ1v) is 9.48. The number of benzene rings is 1. The molecule has 28 heavy (non-hydrogen) atoms. The lowest BCUT2D eigenvalue weighted by Crippen LogP contribution is -2.23. The van der Waals surface area contributed by atoms with Gasteiger partial charge in [0.25, 0.3) is 5.91 Å². The molecule has 3 rings (SSSR count). The highest BCUT2D eigenvalue weighted by Crippen LogP contribution is 2.17. The van der Waals surface area contributed by atoms with Crippen LogP contribution in [0.1, 0.15) is 38.7 Å². The van der Waals surface area contributed by atoms with Gasteiger partial charge in [-0.1, -0.05) is 5.16 Å². The number of rotatable bonds is 7. The lowest BCUT2D eigenvalue weighted by Gasteiger charge is -2.09. The number of aryl methyl sites for hydroxylation is 2.